The summed E-state index contributed by atoms with van der Waals surface area (Å²) in [6.45, 7) is 1.85. The van der Waals surface area contributed by atoms with Crippen molar-refractivity contribution < 1.29 is 34.2 Å². The second kappa shape index (κ2) is 11.1. The molecule has 3 aromatic rings. The summed E-state index contributed by atoms with van der Waals surface area (Å²) in [5.74, 6) is -3.27. The number of hydrogen-bond donors (Lipinski definition) is 4. The molecular formula is C30H26ClN3O7. The number of amides is 2. The van der Waals surface area contributed by atoms with Crippen molar-refractivity contribution in [1.29, 1.82) is 0 Å². The summed E-state index contributed by atoms with van der Waals surface area (Å²) < 4.78 is 0. The molecule has 0 saturated heterocycles. The number of nitrogens with zero attached hydrogens (tertiary/aromatic N) is 1. The number of anilines is 2. The first-order chi connectivity index (χ1) is 19.6. The summed E-state index contributed by atoms with van der Waals surface area (Å²) in [4.78, 5) is 65.6. The highest BCUT2D eigenvalue weighted by Gasteiger charge is 2.37. The van der Waals surface area contributed by atoms with E-state index in [1.165, 1.54) is 11.0 Å². The van der Waals surface area contributed by atoms with Gasteiger partial charge in [0, 0.05) is 47.2 Å². The molecule has 2 aliphatic heterocycles. The van der Waals surface area contributed by atoms with Crippen molar-refractivity contribution in [3.05, 3.63) is 81.7 Å². The number of aromatic nitrogens is 1. The Hall–Kier alpha value is -4.70. The zero-order valence-corrected chi connectivity index (χ0v) is 22.7. The zero-order valence-electron chi connectivity index (χ0n) is 22.0. The smallest absolute Gasteiger partial charge is 0.327 e. The Bertz CT molecular complexity index is 1660. The van der Waals surface area contributed by atoms with E-state index in [4.69, 9.17) is 16.7 Å². The quantitative estimate of drug-likeness (QED) is 0.162. The van der Waals surface area contributed by atoms with E-state index >= 15 is 0 Å². The molecule has 5 rings (SSSR count). The Labute approximate surface area is 239 Å². The van der Waals surface area contributed by atoms with Gasteiger partial charge in [0.05, 0.1) is 17.9 Å². The first-order valence-electron chi connectivity index (χ1n) is 12.9. The second-order valence-corrected chi connectivity index (χ2v) is 10.3. The van der Waals surface area contributed by atoms with Crippen molar-refractivity contribution in [1.82, 2.24) is 4.98 Å². The van der Waals surface area contributed by atoms with Crippen molar-refractivity contribution >= 4 is 64.2 Å². The molecular weight excluding hydrogens is 550 g/mol. The standard InChI is InChI=1S/C30H26ClN3O7/c1-15-18(4-7-28(37)38)14-32-23(15)12-21-20-8-16(2-5-22(20)33-29(21)39)9-25(30(40)41)34-24-6-3-17(26(35)13-31)10-19(24)11-27(34)36/h2-3,5-6,8,10,12,14,25,32H,4,7,9,11,13H2,1H3,(H,33,39)(H,37,38)(H,40,41). The van der Waals surface area contributed by atoms with Crippen LogP contribution in [-0.2, 0) is 38.4 Å². The van der Waals surface area contributed by atoms with E-state index in [1.54, 1.807) is 42.6 Å². The molecule has 3 heterocycles. The lowest BCUT2D eigenvalue weighted by Gasteiger charge is -2.25. The minimum Gasteiger partial charge on any atom is -0.481 e. The first-order valence-corrected chi connectivity index (χ1v) is 13.4. The number of aliphatic carboxylic acids is 2. The number of nitrogens with one attached hydrogen (secondary N) is 2. The number of carboxylic acids is 2. The Morgan fingerprint density at radius 2 is 1.90 bits per heavy atom. The minimum absolute atomic E-state index is 0.0111. The number of carbonyl (C=O) groups is 5. The van der Waals surface area contributed by atoms with E-state index in [0.717, 1.165) is 11.1 Å². The van der Waals surface area contributed by atoms with Crippen LogP contribution in [-0.4, -0.2) is 56.7 Å². The predicted octanol–water partition coefficient (Wildman–Crippen LogP) is 3.84. The summed E-state index contributed by atoms with van der Waals surface area (Å²) in [6, 6.07) is 8.63. The number of H-pyrrole nitrogens is 1. The van der Waals surface area contributed by atoms with E-state index < -0.39 is 18.0 Å². The Balaban J connectivity index is 1.44. The van der Waals surface area contributed by atoms with E-state index in [1.807, 2.05) is 6.92 Å². The molecule has 1 unspecified atom stereocenters. The van der Waals surface area contributed by atoms with E-state index in [-0.39, 0.29) is 42.7 Å². The SMILES string of the molecule is Cc1c(CCC(=O)O)c[nH]c1C=C1C(=O)Nc2ccc(CC(C(=O)O)N3C(=O)Cc4cc(C(=O)CCl)ccc43)cc21. The second-order valence-electron chi connectivity index (χ2n) is 10.0. The van der Waals surface area contributed by atoms with Gasteiger partial charge in [-0.1, -0.05) is 6.07 Å². The van der Waals surface area contributed by atoms with Crippen LogP contribution in [0.25, 0.3) is 11.6 Å². The number of rotatable bonds is 10. The maximum Gasteiger partial charge on any atom is 0.327 e. The van der Waals surface area contributed by atoms with Gasteiger partial charge in [0.15, 0.2) is 5.78 Å². The van der Waals surface area contributed by atoms with Gasteiger partial charge in [-0.15, -0.1) is 11.6 Å². The number of benzene rings is 2. The highest BCUT2D eigenvalue weighted by Crippen LogP contribution is 2.36. The first kappa shape index (κ1) is 27.9. The van der Waals surface area contributed by atoms with E-state index in [2.05, 4.69) is 10.3 Å². The lowest BCUT2D eigenvalue weighted by Crippen LogP contribution is -2.44. The number of halogens is 1. The lowest BCUT2D eigenvalue weighted by molar-refractivity contribution is -0.140. The average molecular weight is 576 g/mol. The van der Waals surface area contributed by atoms with Gasteiger partial charge in [0.25, 0.3) is 5.91 Å². The van der Waals surface area contributed by atoms with Gasteiger partial charge in [0.2, 0.25) is 5.91 Å². The van der Waals surface area contributed by atoms with Gasteiger partial charge in [-0.25, -0.2) is 4.79 Å². The highest BCUT2D eigenvalue weighted by atomic mass is 35.5. The van der Waals surface area contributed by atoms with Crippen molar-refractivity contribution in [2.75, 3.05) is 16.1 Å². The fraction of sp³-hybridized carbons (Fsp3) is 0.233. The molecule has 10 nitrogen and oxygen atoms in total. The van der Waals surface area contributed by atoms with Crippen LogP contribution in [0.3, 0.4) is 0 Å². The van der Waals surface area contributed by atoms with Crippen molar-refractivity contribution in [2.45, 2.75) is 38.6 Å². The summed E-state index contributed by atoms with van der Waals surface area (Å²) >= 11 is 5.66. The van der Waals surface area contributed by atoms with Gasteiger partial charge in [-0.3, -0.25) is 24.1 Å². The van der Waals surface area contributed by atoms with Crippen LogP contribution in [0.1, 0.15) is 50.3 Å². The molecule has 1 atom stereocenters. The zero-order chi connectivity index (χ0) is 29.4. The number of Topliss-reactive ketones (excluding diaryl/α,β-unsaturated/α-hetero) is 1. The largest absolute Gasteiger partial charge is 0.481 e. The predicted molar refractivity (Wildman–Crippen MR) is 152 cm³/mol. The van der Waals surface area contributed by atoms with Crippen LogP contribution in [0.15, 0.2) is 42.6 Å². The maximum absolute atomic E-state index is 13.0. The summed E-state index contributed by atoms with van der Waals surface area (Å²) in [7, 11) is 0. The minimum atomic E-state index is -1.21. The fourth-order valence-corrected chi connectivity index (χ4v) is 5.46. The lowest BCUT2D eigenvalue weighted by atomic mass is 9.97. The number of hydrogen-bond acceptors (Lipinski definition) is 5. The van der Waals surface area contributed by atoms with Crippen molar-refractivity contribution in [3.63, 3.8) is 0 Å². The van der Waals surface area contributed by atoms with E-state index in [9.17, 15) is 29.1 Å². The summed E-state index contributed by atoms with van der Waals surface area (Å²) in [6.07, 6.45) is 3.72. The number of fused-ring (bicyclic) bond motifs is 2. The number of carboxylic acid groups (broad SMARTS) is 2. The third kappa shape index (κ3) is 5.38. The molecule has 0 saturated carbocycles. The van der Waals surface area contributed by atoms with Gasteiger partial charge in [-0.05, 0) is 72.0 Å². The van der Waals surface area contributed by atoms with E-state index in [0.29, 0.717) is 51.3 Å². The monoisotopic (exact) mass is 575 g/mol. The fourth-order valence-electron chi connectivity index (χ4n) is 5.30. The summed E-state index contributed by atoms with van der Waals surface area (Å²) in [5.41, 5.74) is 5.87. The molecule has 2 aromatic carbocycles. The maximum atomic E-state index is 13.0. The molecule has 4 N–H and O–H groups in total. The van der Waals surface area contributed by atoms with Gasteiger partial charge in [-0.2, -0.15) is 0 Å². The van der Waals surface area contributed by atoms with Crippen molar-refractivity contribution in [2.24, 2.45) is 0 Å². The Morgan fingerprint density at radius 3 is 2.61 bits per heavy atom. The molecule has 0 aliphatic carbocycles. The van der Waals surface area contributed by atoms with Gasteiger partial charge < -0.3 is 20.5 Å². The third-order valence-electron chi connectivity index (χ3n) is 7.47. The number of aromatic amines is 1. The van der Waals surface area contributed by atoms with Crippen molar-refractivity contribution in [3.8, 4) is 0 Å². The Kier molecular flexibility index (Phi) is 7.51. The van der Waals surface area contributed by atoms with Crippen LogP contribution in [0.2, 0.25) is 0 Å². The molecule has 0 spiro atoms. The van der Waals surface area contributed by atoms with Gasteiger partial charge >= 0.3 is 11.9 Å². The summed E-state index contributed by atoms with van der Waals surface area (Å²) in [5, 5.41) is 21.9. The van der Waals surface area contributed by atoms with Crippen LogP contribution >= 0.6 is 11.6 Å². The number of ketones is 1. The highest BCUT2D eigenvalue weighted by molar-refractivity contribution is 6.35. The van der Waals surface area contributed by atoms with Gasteiger partial charge in [0.1, 0.15) is 6.04 Å². The van der Waals surface area contributed by atoms with Crippen LogP contribution in [0, 0.1) is 6.92 Å². The molecule has 0 fully saturated rings. The molecule has 0 bridgehead atoms. The van der Waals surface area contributed by atoms with Crippen LogP contribution < -0.4 is 10.2 Å². The molecule has 2 amide bonds. The molecule has 41 heavy (non-hydrogen) atoms. The topological polar surface area (TPSA) is 157 Å². The molecule has 0 radical (unpaired) electrons. The molecule has 11 heteroatoms. The number of alkyl halides is 1. The average Bonchev–Trinajstić information content (AvgIpc) is 3.56. The number of aryl methyl sites for hydroxylation is 1. The number of carbonyl (C=O) groups excluding carboxylic acids is 3. The third-order valence-corrected chi connectivity index (χ3v) is 7.71. The molecule has 210 valence electrons. The van der Waals surface area contributed by atoms with Crippen LogP contribution in [0.4, 0.5) is 11.4 Å². The Morgan fingerprint density at radius 1 is 1.12 bits per heavy atom. The normalized spacial score (nSPS) is 15.6. The molecule has 1 aromatic heterocycles. The van der Waals surface area contributed by atoms with Crippen LogP contribution in [0.5, 0.6) is 0 Å². The molecule has 2 aliphatic rings.